The number of carbonyl (C=O) groups excluding carboxylic acids is 1. The fourth-order valence-corrected chi connectivity index (χ4v) is 5.08. The fourth-order valence-electron chi connectivity index (χ4n) is 4.27. The van der Waals surface area contributed by atoms with Crippen LogP contribution in [-0.4, -0.2) is 56.2 Å². The third-order valence-electron chi connectivity index (χ3n) is 5.72. The van der Waals surface area contributed by atoms with E-state index in [0.717, 1.165) is 27.7 Å². The average Bonchev–Trinajstić information content (AvgIpc) is 3.14. The largest absolute Gasteiger partial charge is 0.494 e. The zero-order valence-corrected chi connectivity index (χ0v) is 20.2. The van der Waals surface area contributed by atoms with Gasteiger partial charge in [-0.1, -0.05) is 23.7 Å². The van der Waals surface area contributed by atoms with Gasteiger partial charge < -0.3 is 14.5 Å². The van der Waals surface area contributed by atoms with Crippen molar-refractivity contribution >= 4 is 38.4 Å². The lowest BCUT2D eigenvalue weighted by Gasteiger charge is -2.35. The molecule has 1 aliphatic rings. The van der Waals surface area contributed by atoms with Gasteiger partial charge in [0.25, 0.3) is 0 Å². The van der Waals surface area contributed by atoms with Crippen LogP contribution in [0.3, 0.4) is 0 Å². The molecule has 0 unspecified atom stereocenters. The number of amides is 1. The molecular weight excluding hydrogens is 464 g/mol. The zero-order chi connectivity index (χ0) is 23.6. The van der Waals surface area contributed by atoms with Gasteiger partial charge in [-0.05, 0) is 61.2 Å². The third-order valence-corrected chi connectivity index (χ3v) is 6.98. The summed E-state index contributed by atoms with van der Waals surface area (Å²) < 4.78 is 33.6. The molecule has 1 atom stereocenters. The number of H-pyrrole nitrogens is 1. The standard InChI is InChI=1S/C24H27ClN2O5S/c1-3-31-24(28)27-12-11-19-20-15-17(25)7-10-21(20)26-22(19)23(27)16-5-8-18(9-6-16)32-13-4-14-33(2,29)30/h5-10,15,23,26H,3-4,11-14H2,1-2H3/t23-/m0/s1. The summed E-state index contributed by atoms with van der Waals surface area (Å²) in [7, 11) is -3.00. The van der Waals surface area contributed by atoms with Crippen molar-refractivity contribution in [2.75, 3.05) is 31.8 Å². The quantitative estimate of drug-likeness (QED) is 0.483. The van der Waals surface area contributed by atoms with Crippen molar-refractivity contribution < 1.29 is 22.7 Å². The number of halogens is 1. The van der Waals surface area contributed by atoms with Gasteiger partial charge in [0.2, 0.25) is 0 Å². The molecule has 0 spiro atoms. The van der Waals surface area contributed by atoms with Crippen LogP contribution in [-0.2, 0) is 21.0 Å². The average molecular weight is 491 g/mol. The molecule has 1 amide bonds. The summed E-state index contributed by atoms with van der Waals surface area (Å²) in [6, 6.07) is 13.0. The normalized spacial score (nSPS) is 16.0. The summed E-state index contributed by atoms with van der Waals surface area (Å²) in [6.07, 6.45) is 1.99. The number of sulfone groups is 1. The highest BCUT2D eigenvalue weighted by atomic mass is 35.5. The fraction of sp³-hybridized carbons (Fsp3) is 0.375. The van der Waals surface area contributed by atoms with Crippen LogP contribution in [0.5, 0.6) is 5.75 Å². The number of ether oxygens (including phenoxy) is 2. The lowest BCUT2D eigenvalue weighted by Crippen LogP contribution is -2.40. The second kappa shape index (κ2) is 9.65. The van der Waals surface area contributed by atoms with Crippen LogP contribution < -0.4 is 4.74 Å². The molecule has 2 heterocycles. The summed E-state index contributed by atoms with van der Waals surface area (Å²) >= 11 is 6.24. The lowest BCUT2D eigenvalue weighted by atomic mass is 9.92. The number of hydrogen-bond donors (Lipinski definition) is 1. The Morgan fingerprint density at radius 3 is 2.67 bits per heavy atom. The van der Waals surface area contributed by atoms with Gasteiger partial charge in [-0.25, -0.2) is 13.2 Å². The minimum atomic E-state index is -3.00. The third kappa shape index (κ3) is 5.28. The van der Waals surface area contributed by atoms with Crippen LogP contribution >= 0.6 is 11.6 Å². The first-order valence-corrected chi connectivity index (χ1v) is 13.3. The van der Waals surface area contributed by atoms with Crippen molar-refractivity contribution in [1.29, 1.82) is 0 Å². The van der Waals surface area contributed by atoms with Crippen LogP contribution in [0.1, 0.15) is 36.2 Å². The summed E-state index contributed by atoms with van der Waals surface area (Å²) in [5.41, 5.74) is 4.00. The Balaban J connectivity index is 1.63. The van der Waals surface area contributed by atoms with E-state index in [0.29, 0.717) is 43.4 Å². The van der Waals surface area contributed by atoms with E-state index in [1.54, 1.807) is 11.8 Å². The maximum Gasteiger partial charge on any atom is 0.410 e. The highest BCUT2D eigenvalue weighted by Gasteiger charge is 2.35. The monoisotopic (exact) mass is 490 g/mol. The number of hydrogen-bond acceptors (Lipinski definition) is 5. The summed E-state index contributed by atoms with van der Waals surface area (Å²) in [4.78, 5) is 18.0. The predicted octanol–water partition coefficient (Wildman–Crippen LogP) is 4.74. The Bertz CT molecular complexity index is 1250. The molecule has 1 aliphatic heterocycles. The summed E-state index contributed by atoms with van der Waals surface area (Å²) in [6.45, 7) is 2.94. The molecule has 0 fully saturated rings. The maximum absolute atomic E-state index is 12.8. The minimum Gasteiger partial charge on any atom is -0.494 e. The SMILES string of the molecule is CCOC(=O)N1CCc2c([nH]c3ccc(Cl)cc23)[C@@H]1c1ccc(OCCCS(C)(=O)=O)cc1. The van der Waals surface area contributed by atoms with Crippen molar-refractivity contribution in [3.05, 3.63) is 64.3 Å². The van der Waals surface area contributed by atoms with Gasteiger partial charge >= 0.3 is 6.09 Å². The van der Waals surface area contributed by atoms with Crippen molar-refractivity contribution in [3.8, 4) is 5.75 Å². The molecule has 3 aromatic rings. The first-order chi connectivity index (χ1) is 15.8. The Morgan fingerprint density at radius 1 is 1.21 bits per heavy atom. The summed E-state index contributed by atoms with van der Waals surface area (Å²) in [5, 5.41) is 1.74. The molecule has 0 saturated carbocycles. The zero-order valence-electron chi connectivity index (χ0n) is 18.6. The molecule has 2 aromatic carbocycles. The van der Waals surface area contributed by atoms with Gasteiger partial charge in [0.1, 0.15) is 21.6 Å². The van der Waals surface area contributed by atoms with Crippen molar-refractivity contribution in [1.82, 2.24) is 9.88 Å². The Kier molecular flexibility index (Phi) is 6.86. The molecule has 0 radical (unpaired) electrons. The van der Waals surface area contributed by atoms with Crippen molar-refractivity contribution in [2.45, 2.75) is 25.8 Å². The van der Waals surface area contributed by atoms with Gasteiger partial charge in [-0.3, -0.25) is 4.90 Å². The Labute approximate surface area is 198 Å². The molecule has 0 bridgehead atoms. The van der Waals surface area contributed by atoms with E-state index in [-0.39, 0.29) is 17.9 Å². The number of nitrogens with one attached hydrogen (secondary N) is 1. The van der Waals surface area contributed by atoms with Crippen LogP contribution in [0.15, 0.2) is 42.5 Å². The molecule has 1 N–H and O–H groups in total. The van der Waals surface area contributed by atoms with Crippen LogP contribution in [0, 0.1) is 0 Å². The van der Waals surface area contributed by atoms with E-state index in [1.807, 2.05) is 42.5 Å². The van der Waals surface area contributed by atoms with Crippen molar-refractivity contribution in [3.63, 3.8) is 0 Å². The highest BCUT2D eigenvalue weighted by Crippen LogP contribution is 2.39. The van der Waals surface area contributed by atoms with E-state index >= 15 is 0 Å². The second-order valence-corrected chi connectivity index (χ2v) is 10.8. The molecular formula is C24H27ClN2O5S. The summed E-state index contributed by atoms with van der Waals surface area (Å²) in [5.74, 6) is 0.740. The Hall–Kier alpha value is -2.71. The van der Waals surface area contributed by atoms with Gasteiger partial charge in [-0.2, -0.15) is 0 Å². The van der Waals surface area contributed by atoms with Gasteiger partial charge in [0, 0.05) is 34.4 Å². The second-order valence-electron chi connectivity index (χ2n) is 8.15. The van der Waals surface area contributed by atoms with E-state index < -0.39 is 9.84 Å². The molecule has 0 aliphatic carbocycles. The van der Waals surface area contributed by atoms with Gasteiger partial charge in [0.15, 0.2) is 0 Å². The highest BCUT2D eigenvalue weighted by molar-refractivity contribution is 7.90. The maximum atomic E-state index is 12.8. The van der Waals surface area contributed by atoms with Crippen LogP contribution in [0.25, 0.3) is 10.9 Å². The molecule has 1 aromatic heterocycles. The molecule has 9 heteroatoms. The molecule has 0 saturated heterocycles. The topological polar surface area (TPSA) is 88.7 Å². The molecule has 7 nitrogen and oxygen atoms in total. The number of nitrogens with zero attached hydrogens (tertiary/aromatic N) is 1. The van der Waals surface area contributed by atoms with Crippen LogP contribution in [0.2, 0.25) is 5.02 Å². The number of benzene rings is 2. The first kappa shape index (κ1) is 23.4. The number of carbonyl (C=O) groups is 1. The number of rotatable bonds is 7. The number of aromatic nitrogens is 1. The van der Waals surface area contributed by atoms with Crippen LogP contribution in [0.4, 0.5) is 4.79 Å². The first-order valence-electron chi connectivity index (χ1n) is 10.9. The van der Waals surface area contributed by atoms with E-state index in [9.17, 15) is 13.2 Å². The number of aromatic amines is 1. The smallest absolute Gasteiger partial charge is 0.410 e. The van der Waals surface area contributed by atoms with E-state index in [4.69, 9.17) is 21.1 Å². The molecule has 176 valence electrons. The predicted molar refractivity (Wildman–Crippen MR) is 129 cm³/mol. The molecule has 33 heavy (non-hydrogen) atoms. The van der Waals surface area contributed by atoms with E-state index in [1.165, 1.54) is 6.26 Å². The lowest BCUT2D eigenvalue weighted by molar-refractivity contribution is 0.0932. The van der Waals surface area contributed by atoms with Crippen molar-refractivity contribution in [2.24, 2.45) is 0 Å². The van der Waals surface area contributed by atoms with Gasteiger partial charge in [0.05, 0.1) is 19.0 Å². The minimum absolute atomic E-state index is 0.0921. The number of fused-ring (bicyclic) bond motifs is 3. The van der Waals surface area contributed by atoms with E-state index in [2.05, 4.69) is 4.98 Å². The Morgan fingerprint density at radius 2 is 1.97 bits per heavy atom. The molecule has 4 rings (SSSR count). The van der Waals surface area contributed by atoms with Gasteiger partial charge in [-0.15, -0.1) is 0 Å².